The molecule has 0 unspecified atom stereocenters. The van der Waals surface area contributed by atoms with Gasteiger partial charge in [-0.25, -0.2) is 14.8 Å². The minimum Gasteiger partial charge on any atom is -0.349 e. The number of anilines is 1. The Morgan fingerprint density at radius 2 is 1.89 bits per heavy atom. The number of nitrogens with one attached hydrogen (secondary N) is 3. The van der Waals surface area contributed by atoms with Gasteiger partial charge in [0.2, 0.25) is 0 Å². The first-order valence-corrected chi connectivity index (χ1v) is 9.32. The van der Waals surface area contributed by atoms with Crippen LogP contribution in [0.25, 0.3) is 16.9 Å². The van der Waals surface area contributed by atoms with Crippen LogP contribution >= 0.6 is 0 Å². The van der Waals surface area contributed by atoms with Crippen LogP contribution in [0.2, 0.25) is 0 Å². The summed E-state index contributed by atoms with van der Waals surface area (Å²) in [6.45, 7) is 3.77. The molecule has 8 nitrogen and oxygen atoms in total. The molecule has 2 aromatic heterocycles. The summed E-state index contributed by atoms with van der Waals surface area (Å²) in [7, 11) is 0. The van der Waals surface area contributed by atoms with E-state index in [1.807, 2.05) is 42.5 Å². The summed E-state index contributed by atoms with van der Waals surface area (Å²) < 4.78 is 1.86. The lowest BCUT2D eigenvalue weighted by molar-refractivity contribution is 0.0951. The van der Waals surface area contributed by atoms with E-state index < -0.39 is 0 Å². The van der Waals surface area contributed by atoms with Gasteiger partial charge in [-0.2, -0.15) is 0 Å². The molecule has 1 aliphatic rings. The van der Waals surface area contributed by atoms with Crippen LogP contribution in [0.15, 0.2) is 42.9 Å². The second kappa shape index (κ2) is 7.30. The van der Waals surface area contributed by atoms with Crippen LogP contribution in [0.5, 0.6) is 0 Å². The summed E-state index contributed by atoms with van der Waals surface area (Å²) in [4.78, 5) is 32.8. The van der Waals surface area contributed by atoms with Gasteiger partial charge >= 0.3 is 6.03 Å². The predicted octanol–water partition coefficient (Wildman–Crippen LogP) is 2.82. The highest BCUT2D eigenvalue weighted by molar-refractivity contribution is 5.95. The van der Waals surface area contributed by atoms with Gasteiger partial charge < -0.3 is 10.6 Å². The average Bonchev–Trinajstić information content (AvgIpc) is 3.36. The van der Waals surface area contributed by atoms with E-state index in [2.05, 4.69) is 25.9 Å². The summed E-state index contributed by atoms with van der Waals surface area (Å²) in [5, 5.41) is 8.48. The first-order chi connectivity index (χ1) is 13.5. The zero-order chi connectivity index (χ0) is 19.7. The summed E-state index contributed by atoms with van der Waals surface area (Å²) in [6, 6.07) is 7.43. The van der Waals surface area contributed by atoms with Gasteiger partial charge in [0.1, 0.15) is 0 Å². The number of imidazole rings is 1. The summed E-state index contributed by atoms with van der Waals surface area (Å²) in [5.41, 5.74) is 2.95. The van der Waals surface area contributed by atoms with Crippen LogP contribution in [0.4, 0.5) is 10.6 Å². The van der Waals surface area contributed by atoms with E-state index in [0.29, 0.717) is 23.1 Å². The predicted molar refractivity (Wildman–Crippen MR) is 106 cm³/mol. The van der Waals surface area contributed by atoms with Crippen molar-refractivity contribution in [2.45, 2.75) is 38.8 Å². The van der Waals surface area contributed by atoms with Crippen LogP contribution in [-0.2, 0) is 0 Å². The number of amides is 3. The first-order valence-electron chi connectivity index (χ1n) is 9.32. The molecule has 0 atom stereocenters. The number of benzene rings is 1. The molecule has 144 valence electrons. The highest BCUT2D eigenvalue weighted by atomic mass is 16.2. The summed E-state index contributed by atoms with van der Waals surface area (Å²) in [6.07, 6.45) is 7.25. The molecule has 28 heavy (non-hydrogen) atoms. The Bertz CT molecular complexity index is 1020. The Morgan fingerprint density at radius 3 is 2.57 bits per heavy atom. The lowest BCUT2D eigenvalue weighted by Crippen LogP contribution is -2.34. The second-order valence-electron chi connectivity index (χ2n) is 7.19. The molecule has 1 fully saturated rings. The molecule has 0 aliphatic heterocycles. The van der Waals surface area contributed by atoms with Crippen molar-refractivity contribution < 1.29 is 9.59 Å². The van der Waals surface area contributed by atoms with E-state index in [4.69, 9.17) is 0 Å². The smallest absolute Gasteiger partial charge is 0.320 e. The molecule has 1 aromatic carbocycles. The standard InChI is InChI=1S/C20H22N6O2/c1-12(2)23-20(28)25-17-18-22-11-16(26(18)10-9-21-17)13-3-5-14(6-4-13)19(27)24-15-7-8-15/h3-6,9-12,15H,7-8H2,1-2H3,(H,24,27)(H2,21,23,25,28). The maximum atomic E-state index is 12.1. The van der Waals surface area contributed by atoms with E-state index >= 15 is 0 Å². The van der Waals surface area contributed by atoms with E-state index in [9.17, 15) is 9.59 Å². The van der Waals surface area contributed by atoms with Crippen molar-refractivity contribution in [3.05, 3.63) is 48.4 Å². The monoisotopic (exact) mass is 378 g/mol. The minimum absolute atomic E-state index is 0.0191. The van der Waals surface area contributed by atoms with Gasteiger partial charge in [0.25, 0.3) is 5.91 Å². The molecule has 3 aromatic rings. The molecule has 1 saturated carbocycles. The average molecular weight is 378 g/mol. The maximum Gasteiger partial charge on any atom is 0.320 e. The number of fused-ring (bicyclic) bond motifs is 1. The number of hydrogen-bond donors (Lipinski definition) is 3. The van der Waals surface area contributed by atoms with E-state index in [1.54, 1.807) is 18.6 Å². The largest absolute Gasteiger partial charge is 0.349 e. The van der Waals surface area contributed by atoms with Gasteiger partial charge in [-0.15, -0.1) is 0 Å². The number of carbonyl (C=O) groups excluding carboxylic acids is 2. The molecular weight excluding hydrogens is 356 g/mol. The van der Waals surface area contributed by atoms with Crippen LogP contribution in [0.3, 0.4) is 0 Å². The van der Waals surface area contributed by atoms with Crippen molar-refractivity contribution in [2.24, 2.45) is 0 Å². The Balaban J connectivity index is 1.58. The highest BCUT2D eigenvalue weighted by Gasteiger charge is 2.23. The molecule has 2 heterocycles. The van der Waals surface area contributed by atoms with Crippen molar-refractivity contribution in [3.63, 3.8) is 0 Å². The topological polar surface area (TPSA) is 100 Å². The molecule has 4 rings (SSSR count). The lowest BCUT2D eigenvalue weighted by atomic mass is 10.1. The van der Waals surface area contributed by atoms with E-state index in [-0.39, 0.29) is 18.0 Å². The van der Waals surface area contributed by atoms with Crippen LogP contribution < -0.4 is 16.0 Å². The SMILES string of the molecule is CC(C)NC(=O)Nc1nccn2c(-c3ccc(C(=O)NC4CC4)cc3)cnc12. The zero-order valence-electron chi connectivity index (χ0n) is 15.8. The van der Waals surface area contributed by atoms with E-state index in [0.717, 1.165) is 24.1 Å². The Morgan fingerprint density at radius 1 is 1.14 bits per heavy atom. The first kappa shape index (κ1) is 18.0. The molecule has 0 radical (unpaired) electrons. The molecule has 0 bridgehead atoms. The number of rotatable bonds is 5. The minimum atomic E-state index is -0.328. The third kappa shape index (κ3) is 3.80. The number of carbonyl (C=O) groups is 2. The zero-order valence-corrected chi connectivity index (χ0v) is 15.8. The van der Waals surface area contributed by atoms with Crippen molar-refractivity contribution >= 4 is 23.4 Å². The van der Waals surface area contributed by atoms with Crippen LogP contribution in [0.1, 0.15) is 37.0 Å². The molecule has 0 spiro atoms. The van der Waals surface area contributed by atoms with Crippen LogP contribution in [0, 0.1) is 0 Å². The Hall–Kier alpha value is -3.42. The van der Waals surface area contributed by atoms with Crippen LogP contribution in [-0.4, -0.2) is 38.4 Å². The number of aromatic nitrogens is 3. The Kier molecular flexibility index (Phi) is 4.68. The fourth-order valence-electron chi connectivity index (χ4n) is 2.92. The van der Waals surface area contributed by atoms with E-state index in [1.165, 1.54) is 0 Å². The van der Waals surface area contributed by atoms with Crippen molar-refractivity contribution in [1.29, 1.82) is 0 Å². The molecule has 3 amide bonds. The molecule has 0 saturated heterocycles. The van der Waals surface area contributed by atoms with Crippen molar-refractivity contribution in [3.8, 4) is 11.3 Å². The fourth-order valence-corrected chi connectivity index (χ4v) is 2.92. The van der Waals surface area contributed by atoms with Gasteiger partial charge in [-0.3, -0.25) is 14.5 Å². The van der Waals surface area contributed by atoms with Gasteiger partial charge in [0, 0.05) is 35.6 Å². The lowest BCUT2D eigenvalue weighted by Gasteiger charge is -2.10. The number of nitrogens with zero attached hydrogens (tertiary/aromatic N) is 3. The Labute approximate surface area is 162 Å². The third-order valence-corrected chi connectivity index (χ3v) is 4.44. The van der Waals surface area contributed by atoms with Gasteiger partial charge in [0.15, 0.2) is 11.5 Å². The quantitative estimate of drug-likeness (QED) is 0.635. The van der Waals surface area contributed by atoms with Gasteiger partial charge in [-0.05, 0) is 38.8 Å². The third-order valence-electron chi connectivity index (χ3n) is 4.44. The van der Waals surface area contributed by atoms with Crippen molar-refractivity contribution in [1.82, 2.24) is 25.0 Å². The number of urea groups is 1. The fraction of sp³-hybridized carbons (Fsp3) is 0.300. The molecule has 1 aliphatic carbocycles. The normalized spacial score (nSPS) is 13.5. The van der Waals surface area contributed by atoms with Crippen molar-refractivity contribution in [2.75, 3.05) is 5.32 Å². The second-order valence-corrected chi connectivity index (χ2v) is 7.19. The highest BCUT2D eigenvalue weighted by Crippen LogP contribution is 2.24. The van der Waals surface area contributed by atoms with Gasteiger partial charge in [0.05, 0.1) is 11.9 Å². The maximum absolute atomic E-state index is 12.1. The molecular formula is C20H22N6O2. The molecule has 3 N–H and O–H groups in total. The molecule has 8 heteroatoms. The summed E-state index contributed by atoms with van der Waals surface area (Å²) >= 11 is 0. The van der Waals surface area contributed by atoms with Gasteiger partial charge in [-0.1, -0.05) is 12.1 Å². The number of hydrogen-bond acceptors (Lipinski definition) is 4. The summed E-state index contributed by atoms with van der Waals surface area (Å²) in [5.74, 6) is 0.339.